The highest BCUT2D eigenvalue weighted by atomic mass is 35.5. The van der Waals surface area contributed by atoms with Crippen LogP contribution in [0.4, 0.5) is 4.39 Å². The van der Waals surface area contributed by atoms with E-state index in [2.05, 4.69) is 4.90 Å². The number of benzene rings is 1. The van der Waals surface area contributed by atoms with E-state index in [1.165, 1.54) is 6.07 Å². The Morgan fingerprint density at radius 2 is 2.31 bits per heavy atom. The average Bonchev–Trinajstić information content (AvgIpc) is 2.25. The summed E-state index contributed by atoms with van der Waals surface area (Å²) in [6.07, 6.45) is 2.18. The van der Waals surface area contributed by atoms with Gasteiger partial charge in [-0.3, -0.25) is 4.90 Å². The minimum atomic E-state index is -0.347. The third-order valence-corrected chi connectivity index (χ3v) is 3.39. The molecule has 4 heteroatoms. The van der Waals surface area contributed by atoms with Gasteiger partial charge < -0.3 is 5.73 Å². The standard InChI is InChI=1S/C12H16ClFN2/c13-12-9(3-1-5-11(12)14)7-16-6-2-4-10(15)8-16/h1,3,5,10H,2,4,6-8,15H2/t10-/m0/s1. The normalized spacial score (nSPS) is 22.3. The van der Waals surface area contributed by atoms with E-state index in [1.807, 2.05) is 6.07 Å². The summed E-state index contributed by atoms with van der Waals surface area (Å²) in [5.74, 6) is -0.347. The van der Waals surface area contributed by atoms with Gasteiger partial charge in [0, 0.05) is 19.1 Å². The summed E-state index contributed by atoms with van der Waals surface area (Å²) in [7, 11) is 0. The molecular weight excluding hydrogens is 227 g/mol. The summed E-state index contributed by atoms with van der Waals surface area (Å²) in [6, 6.07) is 5.18. The molecule has 0 aromatic heterocycles. The van der Waals surface area contributed by atoms with Crippen molar-refractivity contribution in [2.45, 2.75) is 25.4 Å². The van der Waals surface area contributed by atoms with Crippen LogP contribution in [0.2, 0.25) is 5.02 Å². The van der Waals surface area contributed by atoms with Crippen molar-refractivity contribution in [3.05, 3.63) is 34.6 Å². The van der Waals surface area contributed by atoms with Gasteiger partial charge in [-0.25, -0.2) is 4.39 Å². The molecule has 16 heavy (non-hydrogen) atoms. The van der Waals surface area contributed by atoms with Crippen LogP contribution in [0.25, 0.3) is 0 Å². The minimum Gasteiger partial charge on any atom is -0.327 e. The van der Waals surface area contributed by atoms with E-state index >= 15 is 0 Å². The Morgan fingerprint density at radius 3 is 3.06 bits per heavy atom. The van der Waals surface area contributed by atoms with E-state index in [0.717, 1.165) is 31.5 Å². The lowest BCUT2D eigenvalue weighted by atomic mass is 10.1. The molecule has 2 N–H and O–H groups in total. The van der Waals surface area contributed by atoms with Gasteiger partial charge in [0.25, 0.3) is 0 Å². The fourth-order valence-electron chi connectivity index (χ4n) is 2.15. The molecule has 1 saturated heterocycles. The third kappa shape index (κ3) is 2.73. The van der Waals surface area contributed by atoms with E-state index < -0.39 is 0 Å². The Balaban J connectivity index is 2.05. The molecule has 2 rings (SSSR count). The number of hydrogen-bond acceptors (Lipinski definition) is 2. The average molecular weight is 243 g/mol. The summed E-state index contributed by atoms with van der Waals surface area (Å²) in [5.41, 5.74) is 6.74. The molecule has 1 heterocycles. The Morgan fingerprint density at radius 1 is 1.50 bits per heavy atom. The molecule has 1 aromatic rings. The molecule has 2 nitrogen and oxygen atoms in total. The number of halogens is 2. The summed E-state index contributed by atoms with van der Waals surface area (Å²) in [4.78, 5) is 2.23. The van der Waals surface area contributed by atoms with Gasteiger partial charge in [0.1, 0.15) is 5.82 Å². The van der Waals surface area contributed by atoms with Crippen molar-refractivity contribution in [2.75, 3.05) is 13.1 Å². The van der Waals surface area contributed by atoms with Gasteiger partial charge in [0.2, 0.25) is 0 Å². The predicted molar refractivity (Wildman–Crippen MR) is 63.9 cm³/mol. The molecule has 1 aromatic carbocycles. The number of hydrogen-bond donors (Lipinski definition) is 1. The monoisotopic (exact) mass is 242 g/mol. The zero-order chi connectivity index (χ0) is 11.5. The van der Waals surface area contributed by atoms with E-state index in [9.17, 15) is 4.39 Å². The van der Waals surface area contributed by atoms with Crippen LogP contribution in [0.15, 0.2) is 18.2 Å². The van der Waals surface area contributed by atoms with Crippen LogP contribution < -0.4 is 5.73 Å². The maximum absolute atomic E-state index is 13.2. The number of likely N-dealkylation sites (tertiary alicyclic amines) is 1. The molecule has 0 bridgehead atoms. The molecule has 0 unspecified atom stereocenters. The Bertz CT molecular complexity index is 370. The number of nitrogens with zero attached hydrogens (tertiary/aromatic N) is 1. The van der Waals surface area contributed by atoms with Crippen molar-refractivity contribution < 1.29 is 4.39 Å². The highest BCUT2D eigenvalue weighted by Gasteiger charge is 2.18. The molecule has 0 spiro atoms. The predicted octanol–water partition coefficient (Wildman–Crippen LogP) is 2.40. The van der Waals surface area contributed by atoms with Gasteiger partial charge >= 0.3 is 0 Å². The topological polar surface area (TPSA) is 29.3 Å². The highest BCUT2D eigenvalue weighted by Crippen LogP contribution is 2.22. The molecule has 0 saturated carbocycles. The van der Waals surface area contributed by atoms with Gasteiger partial charge in [0.05, 0.1) is 5.02 Å². The number of nitrogens with two attached hydrogens (primary N) is 1. The second-order valence-electron chi connectivity index (χ2n) is 4.35. The van der Waals surface area contributed by atoms with Crippen LogP contribution in [-0.2, 0) is 6.54 Å². The van der Waals surface area contributed by atoms with Crippen molar-refractivity contribution >= 4 is 11.6 Å². The minimum absolute atomic E-state index is 0.237. The number of piperidine rings is 1. The van der Waals surface area contributed by atoms with Crippen LogP contribution in [0, 0.1) is 5.82 Å². The molecule has 1 fully saturated rings. The maximum atomic E-state index is 13.2. The summed E-state index contributed by atoms with van der Waals surface area (Å²) < 4.78 is 13.2. The van der Waals surface area contributed by atoms with E-state index in [1.54, 1.807) is 6.07 Å². The lowest BCUT2D eigenvalue weighted by molar-refractivity contribution is 0.201. The van der Waals surface area contributed by atoms with Gasteiger partial charge in [-0.1, -0.05) is 23.7 Å². The lowest BCUT2D eigenvalue weighted by Gasteiger charge is -2.30. The summed E-state index contributed by atoms with van der Waals surface area (Å²) in [6.45, 7) is 2.57. The van der Waals surface area contributed by atoms with Crippen LogP contribution in [-0.4, -0.2) is 24.0 Å². The fraction of sp³-hybridized carbons (Fsp3) is 0.500. The molecule has 88 valence electrons. The summed E-state index contributed by atoms with van der Waals surface area (Å²) in [5, 5.41) is 0.238. The zero-order valence-corrected chi connectivity index (χ0v) is 9.88. The first-order valence-corrected chi connectivity index (χ1v) is 5.95. The molecular formula is C12H16ClFN2. The van der Waals surface area contributed by atoms with Crippen molar-refractivity contribution in [3.8, 4) is 0 Å². The lowest BCUT2D eigenvalue weighted by Crippen LogP contribution is -2.42. The van der Waals surface area contributed by atoms with Crippen LogP contribution in [0.3, 0.4) is 0 Å². The maximum Gasteiger partial charge on any atom is 0.142 e. The molecule has 1 atom stereocenters. The Hall–Kier alpha value is -0.640. The van der Waals surface area contributed by atoms with Crippen LogP contribution in [0.1, 0.15) is 18.4 Å². The van der Waals surface area contributed by atoms with Crippen LogP contribution in [0.5, 0.6) is 0 Å². The van der Waals surface area contributed by atoms with Crippen LogP contribution >= 0.6 is 11.6 Å². The first-order valence-electron chi connectivity index (χ1n) is 5.57. The van der Waals surface area contributed by atoms with Gasteiger partial charge in [-0.05, 0) is 31.0 Å². The molecule has 0 amide bonds. The second kappa shape index (κ2) is 5.13. The Labute approximate surface area is 100 Å². The van der Waals surface area contributed by atoms with Crippen molar-refractivity contribution in [2.24, 2.45) is 5.73 Å². The summed E-state index contributed by atoms with van der Waals surface area (Å²) >= 11 is 5.92. The quantitative estimate of drug-likeness (QED) is 0.863. The van der Waals surface area contributed by atoms with E-state index in [4.69, 9.17) is 17.3 Å². The van der Waals surface area contributed by atoms with Gasteiger partial charge in [-0.15, -0.1) is 0 Å². The van der Waals surface area contributed by atoms with Crippen molar-refractivity contribution in [3.63, 3.8) is 0 Å². The Kier molecular flexibility index (Phi) is 3.79. The van der Waals surface area contributed by atoms with Crippen molar-refractivity contribution in [1.82, 2.24) is 4.90 Å². The van der Waals surface area contributed by atoms with Gasteiger partial charge in [-0.2, -0.15) is 0 Å². The smallest absolute Gasteiger partial charge is 0.142 e. The van der Waals surface area contributed by atoms with E-state index in [-0.39, 0.29) is 16.9 Å². The van der Waals surface area contributed by atoms with E-state index in [0.29, 0.717) is 6.54 Å². The highest BCUT2D eigenvalue weighted by molar-refractivity contribution is 6.31. The van der Waals surface area contributed by atoms with Gasteiger partial charge in [0.15, 0.2) is 0 Å². The third-order valence-electron chi connectivity index (χ3n) is 2.97. The first kappa shape index (κ1) is 11.8. The largest absolute Gasteiger partial charge is 0.327 e. The zero-order valence-electron chi connectivity index (χ0n) is 9.13. The number of rotatable bonds is 2. The molecule has 0 radical (unpaired) electrons. The molecule has 1 aliphatic heterocycles. The SMILES string of the molecule is N[C@H]1CCCN(Cc2cccc(F)c2Cl)C1. The fourth-order valence-corrected chi connectivity index (χ4v) is 2.33. The first-order chi connectivity index (χ1) is 7.66. The second-order valence-corrected chi connectivity index (χ2v) is 4.73. The van der Waals surface area contributed by atoms with Crippen molar-refractivity contribution in [1.29, 1.82) is 0 Å². The molecule has 1 aliphatic rings. The molecule has 0 aliphatic carbocycles.